The monoisotopic (exact) mass is 370 g/mol. The van der Waals surface area contributed by atoms with Crippen LogP contribution in [-0.4, -0.2) is 0 Å². The molecule has 0 bridgehead atoms. The Bertz CT molecular complexity index is 696. The number of halogens is 4. The fraction of sp³-hybridized carbons (Fsp3) is 0.143. The standard InChI is InChI=1S/C14H6Br2F2/c15-6-1-2-7-8-4-9-10(13(9)16)5-12(8)14(17,18)11(7)3-6/h1-5,10H/t10-/m0/s1. The molecule has 0 fully saturated rings. The number of fused-ring (bicyclic) bond motifs is 4. The predicted octanol–water partition coefficient (Wildman–Crippen LogP) is 5.16. The number of allylic oxidation sites excluding steroid dienone is 6. The summed E-state index contributed by atoms with van der Waals surface area (Å²) in [4.78, 5) is 0. The zero-order chi connectivity index (χ0) is 12.7. The van der Waals surface area contributed by atoms with Gasteiger partial charge in [0.15, 0.2) is 0 Å². The second-order valence-corrected chi connectivity index (χ2v) is 6.45. The first kappa shape index (κ1) is 11.1. The van der Waals surface area contributed by atoms with E-state index in [1.54, 1.807) is 18.2 Å². The van der Waals surface area contributed by atoms with Crippen LogP contribution in [0.5, 0.6) is 0 Å². The Morgan fingerprint density at radius 2 is 1.94 bits per heavy atom. The van der Waals surface area contributed by atoms with E-state index in [2.05, 4.69) is 31.9 Å². The van der Waals surface area contributed by atoms with Crippen molar-refractivity contribution in [1.29, 1.82) is 0 Å². The molecule has 1 aromatic rings. The summed E-state index contributed by atoms with van der Waals surface area (Å²) in [7, 11) is 0. The molecule has 0 heterocycles. The van der Waals surface area contributed by atoms with Crippen LogP contribution in [0.1, 0.15) is 11.1 Å². The van der Waals surface area contributed by atoms with Gasteiger partial charge in [0.25, 0.3) is 5.92 Å². The van der Waals surface area contributed by atoms with Gasteiger partial charge in [-0.05, 0) is 34.9 Å². The maximum atomic E-state index is 14.4. The fourth-order valence-electron chi connectivity index (χ4n) is 2.69. The largest absolute Gasteiger partial charge is 0.299 e. The van der Waals surface area contributed by atoms with Crippen molar-refractivity contribution in [2.75, 3.05) is 0 Å². The lowest BCUT2D eigenvalue weighted by atomic mass is 9.96. The minimum atomic E-state index is -2.88. The van der Waals surface area contributed by atoms with Crippen LogP contribution in [0.2, 0.25) is 0 Å². The summed E-state index contributed by atoms with van der Waals surface area (Å²) >= 11 is 6.67. The Hall–Kier alpha value is -0.740. The van der Waals surface area contributed by atoms with Crippen molar-refractivity contribution in [2.45, 2.75) is 5.92 Å². The van der Waals surface area contributed by atoms with E-state index in [9.17, 15) is 8.78 Å². The lowest BCUT2D eigenvalue weighted by Gasteiger charge is -2.14. The van der Waals surface area contributed by atoms with E-state index in [1.165, 1.54) is 6.07 Å². The third-order valence-electron chi connectivity index (χ3n) is 3.67. The molecule has 0 unspecified atom stereocenters. The maximum Gasteiger partial charge on any atom is 0.299 e. The molecule has 0 spiro atoms. The third-order valence-corrected chi connectivity index (χ3v) is 5.12. The van der Waals surface area contributed by atoms with Crippen LogP contribution in [-0.2, 0) is 5.92 Å². The van der Waals surface area contributed by atoms with E-state index >= 15 is 0 Å². The van der Waals surface area contributed by atoms with Crippen molar-refractivity contribution in [2.24, 2.45) is 5.92 Å². The molecule has 0 N–H and O–H groups in total. The third kappa shape index (κ3) is 1.23. The van der Waals surface area contributed by atoms with Gasteiger partial charge in [-0.25, -0.2) is 0 Å². The molecule has 18 heavy (non-hydrogen) atoms. The highest BCUT2D eigenvalue weighted by molar-refractivity contribution is 9.12. The molecule has 1 atom stereocenters. The minimum absolute atomic E-state index is 0.0763. The molecule has 0 saturated carbocycles. The van der Waals surface area contributed by atoms with Gasteiger partial charge in [-0.3, -0.25) is 0 Å². The van der Waals surface area contributed by atoms with Gasteiger partial charge in [0.05, 0.1) is 0 Å². The molecule has 0 aliphatic heterocycles. The Morgan fingerprint density at radius 1 is 1.17 bits per heavy atom. The Morgan fingerprint density at radius 3 is 2.72 bits per heavy atom. The van der Waals surface area contributed by atoms with Gasteiger partial charge < -0.3 is 0 Å². The summed E-state index contributed by atoms with van der Waals surface area (Å²) in [6.45, 7) is 0. The summed E-state index contributed by atoms with van der Waals surface area (Å²) < 4.78 is 30.5. The zero-order valence-electron chi connectivity index (χ0n) is 8.98. The maximum absolute atomic E-state index is 14.4. The molecule has 0 amide bonds. The average Bonchev–Trinajstić information content (AvgIpc) is 2.91. The minimum Gasteiger partial charge on any atom is -0.196 e. The highest BCUT2D eigenvalue weighted by Crippen LogP contribution is 2.60. The van der Waals surface area contributed by atoms with Crippen molar-refractivity contribution >= 4 is 37.4 Å². The Labute approximate surface area is 119 Å². The molecule has 0 saturated heterocycles. The molecule has 3 aliphatic rings. The first-order valence-electron chi connectivity index (χ1n) is 5.52. The van der Waals surface area contributed by atoms with Gasteiger partial charge in [-0.15, -0.1) is 0 Å². The van der Waals surface area contributed by atoms with Gasteiger partial charge in [-0.2, -0.15) is 8.78 Å². The predicted molar refractivity (Wildman–Crippen MR) is 73.5 cm³/mol. The van der Waals surface area contributed by atoms with Gasteiger partial charge in [0.1, 0.15) is 0 Å². The molecule has 0 nitrogen and oxygen atoms in total. The molecule has 90 valence electrons. The number of alkyl halides is 2. The van der Waals surface area contributed by atoms with Crippen LogP contribution in [0.15, 0.2) is 50.5 Å². The molecule has 4 heteroatoms. The van der Waals surface area contributed by atoms with Crippen molar-refractivity contribution in [3.63, 3.8) is 0 Å². The van der Waals surface area contributed by atoms with Crippen LogP contribution in [0, 0.1) is 5.92 Å². The second kappa shape index (κ2) is 3.23. The molecule has 1 aromatic carbocycles. The fourth-order valence-corrected chi connectivity index (χ4v) is 3.68. The Balaban J connectivity index is 2.02. The summed E-state index contributed by atoms with van der Waals surface area (Å²) in [6.07, 6.45) is 3.57. The topological polar surface area (TPSA) is 0 Å². The number of rotatable bonds is 0. The summed E-state index contributed by atoms with van der Waals surface area (Å²) in [5.41, 5.74) is 2.70. The van der Waals surface area contributed by atoms with E-state index < -0.39 is 5.92 Å². The van der Waals surface area contributed by atoms with E-state index in [1.807, 2.05) is 6.08 Å². The lowest BCUT2D eigenvalue weighted by molar-refractivity contribution is 0.0473. The summed E-state index contributed by atoms with van der Waals surface area (Å²) in [5, 5.41) is 0. The summed E-state index contributed by atoms with van der Waals surface area (Å²) in [5.74, 6) is -2.81. The Kier molecular flexibility index (Phi) is 1.99. The van der Waals surface area contributed by atoms with Gasteiger partial charge >= 0.3 is 0 Å². The van der Waals surface area contributed by atoms with Gasteiger partial charge in [-0.1, -0.05) is 44.0 Å². The van der Waals surface area contributed by atoms with E-state index in [0.29, 0.717) is 15.6 Å². The van der Waals surface area contributed by atoms with Crippen molar-refractivity contribution in [3.8, 4) is 0 Å². The number of hydrogen-bond acceptors (Lipinski definition) is 0. The van der Waals surface area contributed by atoms with Crippen LogP contribution >= 0.6 is 31.9 Å². The number of benzene rings is 1. The molecule has 4 rings (SSSR count). The van der Waals surface area contributed by atoms with Crippen molar-refractivity contribution < 1.29 is 8.78 Å². The first-order chi connectivity index (χ1) is 8.50. The van der Waals surface area contributed by atoms with Gasteiger partial charge in [0, 0.05) is 26.0 Å². The molecule has 3 aliphatic carbocycles. The highest BCUT2D eigenvalue weighted by atomic mass is 79.9. The second-order valence-electron chi connectivity index (χ2n) is 4.68. The van der Waals surface area contributed by atoms with Crippen LogP contribution in [0.4, 0.5) is 8.78 Å². The SMILES string of the molecule is FC1(F)C2=C[C@@H]3C(Br)=C3C=C2c2ccc(Br)cc21. The quantitative estimate of drug-likeness (QED) is 0.591. The van der Waals surface area contributed by atoms with E-state index in [-0.39, 0.29) is 17.1 Å². The lowest BCUT2D eigenvalue weighted by Crippen LogP contribution is -2.12. The van der Waals surface area contributed by atoms with E-state index in [4.69, 9.17) is 0 Å². The normalized spacial score (nSPS) is 26.1. The molecular weight excluding hydrogens is 366 g/mol. The van der Waals surface area contributed by atoms with Gasteiger partial charge in [0.2, 0.25) is 0 Å². The zero-order valence-corrected chi connectivity index (χ0v) is 12.1. The number of hydrogen-bond donors (Lipinski definition) is 0. The van der Waals surface area contributed by atoms with Crippen LogP contribution in [0.25, 0.3) is 5.57 Å². The first-order valence-corrected chi connectivity index (χ1v) is 7.11. The van der Waals surface area contributed by atoms with Crippen molar-refractivity contribution in [3.05, 3.63) is 61.6 Å². The smallest absolute Gasteiger partial charge is 0.196 e. The molecule has 0 radical (unpaired) electrons. The highest BCUT2D eigenvalue weighted by Gasteiger charge is 2.51. The molecule has 0 aromatic heterocycles. The average molecular weight is 372 g/mol. The van der Waals surface area contributed by atoms with Crippen LogP contribution < -0.4 is 0 Å². The summed E-state index contributed by atoms with van der Waals surface area (Å²) in [6, 6.07) is 5.09. The molecular formula is C14H6Br2F2. The van der Waals surface area contributed by atoms with Crippen molar-refractivity contribution in [1.82, 2.24) is 0 Å². The van der Waals surface area contributed by atoms with Crippen LogP contribution in [0.3, 0.4) is 0 Å². The van der Waals surface area contributed by atoms with E-state index in [0.717, 1.165) is 10.1 Å².